The number of methoxy groups -OCH3 is 1. The molecule has 0 bridgehead atoms. The number of ether oxygens (including phenoxy) is 1. The number of benzene rings is 2. The van der Waals surface area contributed by atoms with Gasteiger partial charge in [0.15, 0.2) is 0 Å². The van der Waals surface area contributed by atoms with Crippen molar-refractivity contribution in [3.05, 3.63) is 53.0 Å². The Morgan fingerprint density at radius 1 is 1.18 bits per heavy atom. The predicted octanol–water partition coefficient (Wildman–Crippen LogP) is 3.84. The van der Waals surface area contributed by atoms with E-state index in [1.54, 1.807) is 25.3 Å². The van der Waals surface area contributed by atoms with Gasteiger partial charge in [-0.1, -0.05) is 6.07 Å². The van der Waals surface area contributed by atoms with Gasteiger partial charge in [0, 0.05) is 9.83 Å². The Morgan fingerprint density at radius 3 is 2.59 bits per heavy atom. The fourth-order valence-corrected chi connectivity index (χ4v) is 3.83. The number of hydrogen-bond donors (Lipinski definition) is 0. The predicted molar refractivity (Wildman–Crippen MR) is 82.8 cm³/mol. The minimum atomic E-state index is -3.92. The zero-order valence-electron chi connectivity index (χ0n) is 11.4. The maximum absolute atomic E-state index is 12.9. The van der Waals surface area contributed by atoms with Crippen LogP contribution in [0.25, 0.3) is 14.9 Å². The van der Waals surface area contributed by atoms with Crippen LogP contribution in [0.4, 0.5) is 9.52 Å². The van der Waals surface area contributed by atoms with Crippen LogP contribution in [0.2, 0.25) is 0 Å². The van der Waals surface area contributed by atoms with Crippen LogP contribution in [-0.2, 0) is 10.0 Å². The third kappa shape index (κ3) is 2.88. The molecular formula is C14H10FN2O3S2-. The van der Waals surface area contributed by atoms with Crippen molar-refractivity contribution in [2.75, 3.05) is 7.11 Å². The molecule has 0 atom stereocenters. The zero-order chi connectivity index (χ0) is 15.7. The van der Waals surface area contributed by atoms with Gasteiger partial charge in [-0.05, 0) is 41.9 Å². The van der Waals surface area contributed by atoms with Gasteiger partial charge in [0.2, 0.25) is 10.0 Å². The lowest BCUT2D eigenvalue weighted by atomic mass is 10.3. The van der Waals surface area contributed by atoms with E-state index in [0.29, 0.717) is 11.3 Å². The second-order valence-electron chi connectivity index (χ2n) is 4.35. The first-order valence-electron chi connectivity index (χ1n) is 6.16. The largest absolute Gasteiger partial charge is 0.497 e. The highest BCUT2D eigenvalue weighted by atomic mass is 32.2. The first-order chi connectivity index (χ1) is 10.5. The lowest BCUT2D eigenvalue weighted by Crippen LogP contribution is -1.97. The van der Waals surface area contributed by atoms with E-state index in [9.17, 15) is 12.8 Å². The molecule has 0 amide bonds. The fourth-order valence-electron chi connectivity index (χ4n) is 1.82. The summed E-state index contributed by atoms with van der Waals surface area (Å²) in [6.45, 7) is 0. The van der Waals surface area contributed by atoms with E-state index in [0.717, 1.165) is 28.2 Å². The average Bonchev–Trinajstić information content (AvgIpc) is 2.87. The number of hydrogen-bond acceptors (Lipinski definition) is 5. The molecular weight excluding hydrogens is 327 g/mol. The van der Waals surface area contributed by atoms with Crippen LogP contribution in [0.5, 0.6) is 5.75 Å². The molecule has 0 aliphatic carbocycles. The van der Waals surface area contributed by atoms with E-state index in [2.05, 4.69) is 9.71 Å². The van der Waals surface area contributed by atoms with Crippen molar-refractivity contribution in [1.29, 1.82) is 0 Å². The molecule has 0 aliphatic heterocycles. The Hall–Kier alpha value is -2.19. The molecule has 5 nitrogen and oxygen atoms in total. The molecule has 0 saturated carbocycles. The van der Waals surface area contributed by atoms with Crippen LogP contribution in [0, 0.1) is 5.82 Å². The molecule has 1 aromatic heterocycles. The molecule has 0 N–H and O–H groups in total. The van der Waals surface area contributed by atoms with Gasteiger partial charge in [0.1, 0.15) is 11.6 Å². The maximum Gasteiger partial charge on any atom is 0.202 e. The number of nitrogens with zero attached hydrogens (tertiary/aromatic N) is 2. The summed E-state index contributed by atoms with van der Waals surface area (Å²) in [7, 11) is -2.37. The molecule has 0 unspecified atom stereocenters. The highest BCUT2D eigenvalue weighted by Gasteiger charge is 2.11. The summed E-state index contributed by atoms with van der Waals surface area (Å²) in [6.07, 6.45) is 0. The Kier molecular flexibility index (Phi) is 3.71. The van der Waals surface area contributed by atoms with Gasteiger partial charge in [-0.15, -0.1) is 11.3 Å². The van der Waals surface area contributed by atoms with Crippen molar-refractivity contribution in [3.63, 3.8) is 0 Å². The first kappa shape index (κ1) is 14.7. The van der Waals surface area contributed by atoms with Gasteiger partial charge in [0.05, 0.1) is 12.0 Å². The minimum absolute atomic E-state index is 0.0780. The van der Waals surface area contributed by atoms with E-state index in [1.165, 1.54) is 12.1 Å². The van der Waals surface area contributed by atoms with E-state index >= 15 is 0 Å². The van der Waals surface area contributed by atoms with Gasteiger partial charge >= 0.3 is 0 Å². The highest BCUT2D eigenvalue weighted by Crippen LogP contribution is 2.36. The molecule has 3 aromatic rings. The molecule has 0 radical (unpaired) electrons. The van der Waals surface area contributed by atoms with Gasteiger partial charge in [-0.25, -0.2) is 12.8 Å². The van der Waals surface area contributed by atoms with Crippen LogP contribution in [0.1, 0.15) is 0 Å². The van der Waals surface area contributed by atoms with Gasteiger partial charge in [-0.2, -0.15) is 0 Å². The lowest BCUT2D eigenvalue weighted by Gasteiger charge is -2.11. The second kappa shape index (κ2) is 5.54. The Balaban J connectivity index is 1.93. The van der Waals surface area contributed by atoms with Crippen LogP contribution in [0.3, 0.4) is 0 Å². The summed E-state index contributed by atoms with van der Waals surface area (Å²) >= 11 is 1.14. The molecule has 22 heavy (non-hydrogen) atoms. The monoisotopic (exact) mass is 337 g/mol. The van der Waals surface area contributed by atoms with Crippen molar-refractivity contribution in [2.24, 2.45) is 0 Å². The number of sulfonamides is 1. The molecule has 0 saturated heterocycles. The van der Waals surface area contributed by atoms with Crippen LogP contribution >= 0.6 is 11.3 Å². The third-order valence-corrected chi connectivity index (χ3v) is 5.20. The fraction of sp³-hybridized carbons (Fsp3) is 0.0714. The summed E-state index contributed by atoms with van der Waals surface area (Å²) in [5.74, 6) is 0.148. The van der Waals surface area contributed by atoms with Gasteiger partial charge < -0.3 is 14.4 Å². The van der Waals surface area contributed by atoms with E-state index in [1.807, 2.05) is 0 Å². The van der Waals surface area contributed by atoms with E-state index in [4.69, 9.17) is 4.74 Å². The van der Waals surface area contributed by atoms with Crippen molar-refractivity contribution in [1.82, 2.24) is 4.98 Å². The van der Waals surface area contributed by atoms with Crippen LogP contribution in [0.15, 0.2) is 47.4 Å². The molecule has 1 heterocycles. The quantitative estimate of drug-likeness (QED) is 0.725. The second-order valence-corrected chi connectivity index (χ2v) is 6.96. The molecule has 2 aromatic carbocycles. The Labute approximate surface area is 130 Å². The summed E-state index contributed by atoms with van der Waals surface area (Å²) in [4.78, 5) is 4.08. The van der Waals surface area contributed by atoms with Crippen molar-refractivity contribution in [2.45, 2.75) is 4.90 Å². The number of rotatable bonds is 4. The molecule has 8 heteroatoms. The summed E-state index contributed by atoms with van der Waals surface area (Å²) in [5.41, 5.74) is 0.638. The normalized spacial score (nSPS) is 11.5. The third-order valence-electron chi connectivity index (χ3n) is 2.89. The average molecular weight is 337 g/mol. The van der Waals surface area contributed by atoms with E-state index in [-0.39, 0.29) is 10.0 Å². The highest BCUT2D eigenvalue weighted by molar-refractivity contribution is 7.94. The zero-order valence-corrected chi connectivity index (χ0v) is 13.0. The van der Waals surface area contributed by atoms with Gasteiger partial charge in [0.25, 0.3) is 0 Å². The molecule has 0 aliphatic rings. The van der Waals surface area contributed by atoms with Crippen molar-refractivity contribution in [3.8, 4) is 5.75 Å². The summed E-state index contributed by atoms with van der Waals surface area (Å²) < 4.78 is 46.8. The molecule has 3 rings (SSSR count). The minimum Gasteiger partial charge on any atom is -0.497 e. The Morgan fingerprint density at radius 2 is 1.91 bits per heavy atom. The number of fused-ring (bicyclic) bond motifs is 1. The lowest BCUT2D eigenvalue weighted by molar-refractivity contribution is 0.415. The molecule has 0 fully saturated rings. The van der Waals surface area contributed by atoms with Crippen molar-refractivity contribution < 1.29 is 17.5 Å². The van der Waals surface area contributed by atoms with E-state index < -0.39 is 15.8 Å². The molecule has 114 valence electrons. The topological polar surface area (TPSA) is 70.4 Å². The Bertz CT molecular complexity index is 921. The smallest absolute Gasteiger partial charge is 0.202 e. The van der Waals surface area contributed by atoms with Crippen LogP contribution in [-0.4, -0.2) is 20.5 Å². The standard InChI is InChI=1S/C14H10FN2O3S2/c1-20-10-4-7-12-13(8-10)21-14(16-12)17-22(18,19)11-5-2-9(15)3-6-11/h2-8H,1H3/q-1. The van der Waals surface area contributed by atoms with Crippen LogP contribution < -0.4 is 4.74 Å². The van der Waals surface area contributed by atoms with Gasteiger partial charge in [-0.3, -0.25) is 0 Å². The first-order valence-corrected chi connectivity index (χ1v) is 8.42. The summed E-state index contributed by atoms with van der Waals surface area (Å²) in [6, 6.07) is 9.72. The maximum atomic E-state index is 12.9. The number of aromatic nitrogens is 1. The number of halogens is 1. The van der Waals surface area contributed by atoms with Crippen molar-refractivity contribution >= 4 is 36.7 Å². The SMILES string of the molecule is COc1ccc2nc([N-]S(=O)(=O)c3ccc(F)cc3)sc2c1. The number of thiazole rings is 1. The molecule has 0 spiro atoms. The summed E-state index contributed by atoms with van der Waals surface area (Å²) in [5, 5.41) is 0.118.